The number of amides is 1. The normalized spacial score (nSPS) is 10.3. The molecule has 1 amide bonds. The topological polar surface area (TPSA) is 71.3 Å². The number of carboxylic acid groups (broad SMARTS) is 1. The zero-order valence-corrected chi connectivity index (χ0v) is 11.5. The molecule has 0 radical (unpaired) electrons. The van der Waals surface area contributed by atoms with Crippen molar-refractivity contribution in [1.82, 2.24) is 4.57 Å². The molecular formula is C14H13ClN2O3. The highest BCUT2D eigenvalue weighted by Gasteiger charge is 2.12. The van der Waals surface area contributed by atoms with E-state index >= 15 is 0 Å². The second-order valence-corrected chi connectivity index (χ2v) is 4.77. The summed E-state index contributed by atoms with van der Waals surface area (Å²) in [5.41, 5.74) is 1.56. The highest BCUT2D eigenvalue weighted by atomic mass is 35.5. The molecular weight excluding hydrogens is 280 g/mol. The molecule has 0 aliphatic carbocycles. The van der Waals surface area contributed by atoms with Gasteiger partial charge >= 0.3 is 5.97 Å². The van der Waals surface area contributed by atoms with E-state index in [1.807, 2.05) is 13.0 Å². The highest BCUT2D eigenvalue weighted by molar-refractivity contribution is 6.33. The third-order valence-corrected chi connectivity index (χ3v) is 3.07. The Morgan fingerprint density at radius 2 is 2.10 bits per heavy atom. The van der Waals surface area contributed by atoms with Gasteiger partial charge in [-0.25, -0.2) is 4.79 Å². The molecule has 20 heavy (non-hydrogen) atoms. The van der Waals surface area contributed by atoms with Crippen molar-refractivity contribution in [3.63, 3.8) is 0 Å². The molecule has 0 spiro atoms. The summed E-state index contributed by atoms with van der Waals surface area (Å²) < 4.78 is 1.36. The van der Waals surface area contributed by atoms with Gasteiger partial charge in [0, 0.05) is 6.20 Å². The van der Waals surface area contributed by atoms with Crippen molar-refractivity contribution in [3.05, 3.63) is 52.8 Å². The fourth-order valence-electron chi connectivity index (χ4n) is 1.81. The molecule has 0 saturated carbocycles. The Bertz CT molecular complexity index is 664. The summed E-state index contributed by atoms with van der Waals surface area (Å²) in [6.07, 6.45) is 1.54. The largest absolute Gasteiger partial charge is 0.477 e. The summed E-state index contributed by atoms with van der Waals surface area (Å²) >= 11 is 6.02. The van der Waals surface area contributed by atoms with Gasteiger partial charge in [0.2, 0.25) is 5.91 Å². The fourth-order valence-corrected chi connectivity index (χ4v) is 2.09. The maximum atomic E-state index is 11.9. The number of carbonyl (C=O) groups is 2. The van der Waals surface area contributed by atoms with Crippen LogP contribution in [0.3, 0.4) is 0 Å². The first-order valence-electron chi connectivity index (χ1n) is 5.92. The molecule has 6 heteroatoms. The molecule has 1 aromatic carbocycles. The molecule has 0 bridgehead atoms. The molecule has 2 aromatic rings. The predicted octanol–water partition coefficient (Wildman–Crippen LogP) is 2.79. The second kappa shape index (κ2) is 5.79. The number of nitrogens with zero attached hydrogens (tertiary/aromatic N) is 1. The maximum absolute atomic E-state index is 11.9. The van der Waals surface area contributed by atoms with Gasteiger partial charge in [0.1, 0.15) is 12.2 Å². The Labute approximate surface area is 120 Å². The summed E-state index contributed by atoms with van der Waals surface area (Å²) in [5.74, 6) is -1.41. The number of rotatable bonds is 4. The number of benzene rings is 1. The van der Waals surface area contributed by atoms with E-state index in [2.05, 4.69) is 5.32 Å². The first-order chi connectivity index (χ1) is 9.47. The SMILES string of the molecule is Cc1ccc(NC(=O)Cn2cccc2C(=O)O)c(Cl)c1. The Morgan fingerprint density at radius 3 is 2.75 bits per heavy atom. The molecule has 5 nitrogen and oxygen atoms in total. The van der Waals surface area contributed by atoms with Crippen LogP contribution < -0.4 is 5.32 Å². The molecule has 0 atom stereocenters. The number of aromatic nitrogens is 1. The maximum Gasteiger partial charge on any atom is 0.352 e. The average Bonchev–Trinajstić information content (AvgIpc) is 2.81. The number of aromatic carboxylic acids is 1. The minimum Gasteiger partial charge on any atom is -0.477 e. The van der Waals surface area contributed by atoms with Crippen LogP contribution in [-0.4, -0.2) is 21.6 Å². The molecule has 1 aromatic heterocycles. The van der Waals surface area contributed by atoms with Crippen molar-refractivity contribution in [1.29, 1.82) is 0 Å². The molecule has 0 unspecified atom stereocenters. The number of hydrogen-bond acceptors (Lipinski definition) is 2. The predicted molar refractivity (Wildman–Crippen MR) is 76.2 cm³/mol. The van der Waals surface area contributed by atoms with Gasteiger partial charge in [-0.3, -0.25) is 4.79 Å². The van der Waals surface area contributed by atoms with Gasteiger partial charge in [-0.1, -0.05) is 17.7 Å². The van der Waals surface area contributed by atoms with Gasteiger partial charge in [-0.15, -0.1) is 0 Å². The van der Waals surface area contributed by atoms with E-state index in [0.29, 0.717) is 10.7 Å². The quantitative estimate of drug-likeness (QED) is 0.910. The number of carbonyl (C=O) groups excluding carboxylic acids is 1. The lowest BCUT2D eigenvalue weighted by Gasteiger charge is -2.09. The van der Waals surface area contributed by atoms with Crippen molar-refractivity contribution in [2.45, 2.75) is 13.5 Å². The molecule has 2 N–H and O–H groups in total. The van der Waals surface area contributed by atoms with Crippen LogP contribution in [0.4, 0.5) is 5.69 Å². The van der Waals surface area contributed by atoms with E-state index < -0.39 is 5.97 Å². The van der Waals surface area contributed by atoms with Gasteiger partial charge < -0.3 is 15.0 Å². The summed E-state index contributed by atoms with van der Waals surface area (Å²) in [5, 5.41) is 12.1. The van der Waals surface area contributed by atoms with E-state index in [-0.39, 0.29) is 18.1 Å². The lowest BCUT2D eigenvalue weighted by atomic mass is 10.2. The number of halogens is 1. The number of aryl methyl sites for hydroxylation is 1. The Balaban J connectivity index is 2.09. The van der Waals surface area contributed by atoms with Crippen LogP contribution in [0, 0.1) is 6.92 Å². The Kier molecular flexibility index (Phi) is 4.10. The van der Waals surface area contributed by atoms with Gasteiger partial charge in [0.25, 0.3) is 0 Å². The van der Waals surface area contributed by atoms with Crippen molar-refractivity contribution in [2.75, 3.05) is 5.32 Å². The fraction of sp³-hybridized carbons (Fsp3) is 0.143. The van der Waals surface area contributed by atoms with Gasteiger partial charge in [0.05, 0.1) is 10.7 Å². The number of nitrogens with one attached hydrogen (secondary N) is 1. The summed E-state index contributed by atoms with van der Waals surface area (Å²) in [4.78, 5) is 22.8. The van der Waals surface area contributed by atoms with Gasteiger partial charge in [-0.2, -0.15) is 0 Å². The van der Waals surface area contributed by atoms with Crippen LogP contribution in [0.15, 0.2) is 36.5 Å². The zero-order chi connectivity index (χ0) is 14.7. The molecule has 0 aliphatic rings. The lowest BCUT2D eigenvalue weighted by molar-refractivity contribution is -0.116. The van der Waals surface area contributed by atoms with E-state index in [1.54, 1.807) is 24.4 Å². The van der Waals surface area contributed by atoms with E-state index in [9.17, 15) is 9.59 Å². The molecule has 0 saturated heterocycles. The Hall–Kier alpha value is -2.27. The standard InChI is InChI=1S/C14H13ClN2O3/c1-9-4-5-11(10(15)7-9)16-13(18)8-17-6-2-3-12(17)14(19)20/h2-7H,8H2,1H3,(H,16,18)(H,19,20). The van der Waals surface area contributed by atoms with Crippen LogP contribution in [0.25, 0.3) is 0 Å². The first-order valence-corrected chi connectivity index (χ1v) is 6.29. The van der Waals surface area contributed by atoms with E-state index in [0.717, 1.165) is 5.56 Å². The van der Waals surface area contributed by atoms with E-state index in [4.69, 9.17) is 16.7 Å². The number of anilines is 1. The summed E-state index contributed by atoms with van der Waals surface area (Å²) in [7, 11) is 0. The molecule has 0 fully saturated rings. The summed E-state index contributed by atoms with van der Waals surface area (Å²) in [6, 6.07) is 8.31. The van der Waals surface area contributed by atoms with E-state index in [1.165, 1.54) is 10.6 Å². The van der Waals surface area contributed by atoms with Crippen LogP contribution in [-0.2, 0) is 11.3 Å². The molecule has 104 valence electrons. The van der Waals surface area contributed by atoms with Crippen molar-refractivity contribution in [2.24, 2.45) is 0 Å². The number of hydrogen-bond donors (Lipinski definition) is 2. The van der Waals surface area contributed by atoms with Crippen molar-refractivity contribution >= 4 is 29.2 Å². The average molecular weight is 293 g/mol. The molecule has 2 rings (SSSR count). The van der Waals surface area contributed by atoms with Crippen LogP contribution in [0.2, 0.25) is 5.02 Å². The first kappa shape index (κ1) is 14.1. The minimum absolute atomic E-state index is 0.0650. The van der Waals surface area contributed by atoms with Gasteiger partial charge in [0.15, 0.2) is 0 Å². The van der Waals surface area contributed by atoms with Crippen LogP contribution in [0.5, 0.6) is 0 Å². The molecule has 0 aliphatic heterocycles. The third kappa shape index (κ3) is 3.19. The number of carboxylic acids is 1. The Morgan fingerprint density at radius 1 is 1.35 bits per heavy atom. The summed E-state index contributed by atoms with van der Waals surface area (Å²) in [6.45, 7) is 1.81. The highest BCUT2D eigenvalue weighted by Crippen LogP contribution is 2.22. The van der Waals surface area contributed by atoms with Crippen molar-refractivity contribution < 1.29 is 14.7 Å². The smallest absolute Gasteiger partial charge is 0.352 e. The minimum atomic E-state index is -1.07. The molecule has 1 heterocycles. The van der Waals surface area contributed by atoms with Gasteiger partial charge in [-0.05, 0) is 36.8 Å². The van der Waals surface area contributed by atoms with Crippen LogP contribution >= 0.6 is 11.6 Å². The zero-order valence-electron chi connectivity index (χ0n) is 10.8. The monoisotopic (exact) mass is 292 g/mol. The second-order valence-electron chi connectivity index (χ2n) is 4.36. The third-order valence-electron chi connectivity index (χ3n) is 2.76. The van der Waals surface area contributed by atoms with Crippen LogP contribution in [0.1, 0.15) is 16.1 Å². The van der Waals surface area contributed by atoms with Crippen molar-refractivity contribution in [3.8, 4) is 0 Å². The lowest BCUT2D eigenvalue weighted by Crippen LogP contribution is -2.21.